The number of hydrogen-bond acceptors (Lipinski definition) is 0. The smallest absolute Gasteiger partial charge is 0.147 e. The Morgan fingerprint density at radius 3 is 1.65 bits per heavy atom. The molecule has 0 fully saturated rings. The molecule has 8 rings (SSSR count). The van der Waals surface area contributed by atoms with E-state index in [1.807, 2.05) is 0 Å². The second-order valence-electron chi connectivity index (χ2n) is 18.4. The maximum absolute atomic E-state index is 6.52. The van der Waals surface area contributed by atoms with E-state index in [1.165, 1.54) is 66.8 Å². The van der Waals surface area contributed by atoms with Crippen LogP contribution in [0.25, 0.3) is 22.3 Å². The molecule has 0 aromatic heterocycles. The first-order valence-corrected chi connectivity index (χ1v) is 28.8. The van der Waals surface area contributed by atoms with Crippen LogP contribution in [0.3, 0.4) is 0 Å². The molecular formula is C49H54Cl4SiZr. The van der Waals surface area contributed by atoms with Crippen molar-refractivity contribution in [2.24, 2.45) is 5.92 Å². The van der Waals surface area contributed by atoms with Gasteiger partial charge in [-0.3, -0.25) is 0 Å². The van der Waals surface area contributed by atoms with Crippen LogP contribution >= 0.6 is 48.0 Å². The van der Waals surface area contributed by atoms with Crippen LogP contribution in [-0.4, -0.2) is 15.5 Å². The predicted octanol–water partition coefficient (Wildman–Crippen LogP) is 14.7. The van der Waals surface area contributed by atoms with Gasteiger partial charge in [0.15, 0.2) is 0 Å². The number of halogens is 4. The summed E-state index contributed by atoms with van der Waals surface area (Å²) in [5, 5.41) is 3.17. The third-order valence-electron chi connectivity index (χ3n) is 12.8. The first-order valence-electron chi connectivity index (χ1n) is 19.3. The summed E-state index contributed by atoms with van der Waals surface area (Å²) in [6.45, 7) is 26.9. The molecule has 4 aliphatic carbocycles. The van der Waals surface area contributed by atoms with Crippen LogP contribution in [0.2, 0.25) is 29.7 Å². The SMILES string of the molecule is CC1=CC(C)(C)c2cc3c(cc21)-c1cc2c(cc1C3)C(C)(C)[C]([Zr](=[CH]c1ccc(Cl)cc1)(=[CH]c1ccc(Cl)cc1)[C]1=C(C)C([Si](C)(C)C)=CC1C)=C2C.Cl.Cl. The van der Waals surface area contributed by atoms with E-state index in [9.17, 15) is 0 Å². The van der Waals surface area contributed by atoms with Crippen molar-refractivity contribution in [3.63, 3.8) is 0 Å². The summed E-state index contributed by atoms with van der Waals surface area (Å²) in [5.41, 5.74) is 18.5. The molecule has 0 aliphatic heterocycles. The summed E-state index contributed by atoms with van der Waals surface area (Å²) in [4.78, 5) is 0. The zero-order valence-electron chi connectivity index (χ0n) is 34.1. The Morgan fingerprint density at radius 1 is 0.673 bits per heavy atom. The van der Waals surface area contributed by atoms with E-state index in [0.29, 0.717) is 5.92 Å². The summed E-state index contributed by atoms with van der Waals surface area (Å²) < 4.78 is 8.86. The predicted molar refractivity (Wildman–Crippen MR) is 248 cm³/mol. The van der Waals surface area contributed by atoms with Crippen molar-refractivity contribution in [3.8, 4) is 11.1 Å². The van der Waals surface area contributed by atoms with Crippen molar-refractivity contribution in [3.05, 3.63) is 157 Å². The maximum Gasteiger partial charge on any atom is -0.147 e. The first-order chi connectivity index (χ1) is 24.8. The minimum atomic E-state index is -4.02. The van der Waals surface area contributed by atoms with Crippen molar-refractivity contribution in [1.29, 1.82) is 0 Å². The molecule has 0 bridgehead atoms. The molecule has 0 spiro atoms. The van der Waals surface area contributed by atoms with Gasteiger partial charge in [0.05, 0.1) is 0 Å². The fourth-order valence-corrected chi connectivity index (χ4v) is 27.9. The topological polar surface area (TPSA) is 0 Å². The number of fused-ring (bicyclic) bond motifs is 5. The molecule has 0 heterocycles. The molecule has 4 aromatic carbocycles. The van der Waals surface area contributed by atoms with Crippen molar-refractivity contribution in [2.75, 3.05) is 0 Å². The summed E-state index contributed by atoms with van der Waals surface area (Å²) >= 11 is 9.02. The van der Waals surface area contributed by atoms with E-state index in [-0.39, 0.29) is 35.6 Å². The quantitative estimate of drug-likeness (QED) is 0.154. The molecule has 286 valence electrons. The van der Waals surface area contributed by atoms with Gasteiger partial charge in [-0.15, -0.1) is 24.8 Å². The number of allylic oxidation sites excluding steroid dienone is 8. The minimum absolute atomic E-state index is 0. The van der Waals surface area contributed by atoms with Gasteiger partial charge in [-0.1, -0.05) is 0 Å². The Balaban J connectivity index is 0.00000257. The van der Waals surface area contributed by atoms with Gasteiger partial charge in [-0.25, -0.2) is 0 Å². The van der Waals surface area contributed by atoms with Gasteiger partial charge in [-0.2, -0.15) is 0 Å². The largest absolute Gasteiger partial charge is 0.147 e. The molecule has 0 amide bonds. The van der Waals surface area contributed by atoms with Gasteiger partial charge in [-0.05, 0) is 0 Å². The van der Waals surface area contributed by atoms with Crippen LogP contribution in [0.15, 0.2) is 102 Å². The normalized spacial score (nSPS) is 18.5. The van der Waals surface area contributed by atoms with Crippen molar-refractivity contribution in [2.45, 2.75) is 92.3 Å². The molecule has 0 N–H and O–H groups in total. The molecule has 0 saturated carbocycles. The van der Waals surface area contributed by atoms with Gasteiger partial charge in [0.1, 0.15) is 0 Å². The summed E-state index contributed by atoms with van der Waals surface area (Å²) in [6, 6.07) is 27.4. The summed E-state index contributed by atoms with van der Waals surface area (Å²) in [7, 11) is -1.62. The third kappa shape index (κ3) is 6.88. The van der Waals surface area contributed by atoms with E-state index in [2.05, 4.69) is 167 Å². The van der Waals surface area contributed by atoms with E-state index >= 15 is 0 Å². The van der Waals surface area contributed by atoms with Gasteiger partial charge >= 0.3 is 335 Å². The Kier molecular flexibility index (Phi) is 11.3. The van der Waals surface area contributed by atoms with Gasteiger partial charge in [0.2, 0.25) is 0 Å². The Labute approximate surface area is 357 Å². The van der Waals surface area contributed by atoms with E-state index < -0.39 is 27.4 Å². The standard InChI is InChI=1S/C25H25.C10H17Si.2C7H5Cl.2ClH.Zr/c1-14-12-24(3,4)22-8-16-7-17-9-23-19(15(2)13-25(23,5)6)11-21(17)20(16)10-18(14)22;1-8-6-9(2)10(7-8)11(3,4)5;2*1-6-2-4-7(8)5-3-6;;;/h8-12H,7H2,1-6H3;7-8H,1-5H3;2*1-5H;2*1H;. The zero-order valence-corrected chi connectivity index (χ0v) is 40.7. The van der Waals surface area contributed by atoms with Crippen molar-refractivity contribution < 1.29 is 19.3 Å². The second kappa shape index (κ2) is 14.6. The average Bonchev–Trinajstić information content (AvgIpc) is 3.72. The molecule has 0 saturated heterocycles. The fourth-order valence-electron chi connectivity index (χ4n) is 10.8. The number of benzene rings is 4. The number of hydrogen-bond donors (Lipinski definition) is 0. The van der Waals surface area contributed by atoms with Crippen LogP contribution in [0, 0.1) is 5.92 Å². The first kappa shape index (κ1) is 42.4. The Morgan fingerprint density at radius 2 is 1.16 bits per heavy atom. The molecule has 1 atom stereocenters. The van der Waals surface area contributed by atoms with Gasteiger partial charge < -0.3 is 0 Å². The third-order valence-corrected chi connectivity index (χ3v) is 28.1. The van der Waals surface area contributed by atoms with Crippen LogP contribution in [0.1, 0.15) is 99.9 Å². The van der Waals surface area contributed by atoms with Crippen molar-refractivity contribution in [1.82, 2.24) is 0 Å². The second-order valence-corrected chi connectivity index (χ2v) is 32.5. The van der Waals surface area contributed by atoms with E-state index in [4.69, 9.17) is 23.2 Å². The molecule has 0 nitrogen and oxygen atoms in total. The fraction of sp³-hybridized carbons (Fsp3) is 0.306. The van der Waals surface area contributed by atoms with Gasteiger partial charge in [0, 0.05) is 0 Å². The summed E-state index contributed by atoms with van der Waals surface area (Å²) in [6.07, 6.45) is 6.08. The maximum atomic E-state index is 6.52. The molecule has 0 radical (unpaired) electrons. The molecule has 55 heavy (non-hydrogen) atoms. The van der Waals surface area contributed by atoms with Crippen LogP contribution in [0.4, 0.5) is 0 Å². The Hall–Kier alpha value is -2.16. The van der Waals surface area contributed by atoms with Gasteiger partial charge in [0.25, 0.3) is 0 Å². The van der Waals surface area contributed by atoms with E-state index in [0.717, 1.165) is 16.5 Å². The molecule has 4 aliphatic rings. The summed E-state index contributed by atoms with van der Waals surface area (Å²) in [5.74, 6) is 0.360. The molecular weight excluding hydrogens is 850 g/mol. The molecule has 6 heteroatoms. The monoisotopic (exact) mass is 900 g/mol. The van der Waals surface area contributed by atoms with Crippen LogP contribution < -0.4 is 0 Å². The van der Waals surface area contributed by atoms with Crippen LogP contribution in [-0.2, 0) is 36.5 Å². The zero-order chi connectivity index (χ0) is 38.0. The average molecular weight is 904 g/mol. The number of rotatable bonds is 5. The van der Waals surface area contributed by atoms with E-state index in [1.54, 1.807) is 17.3 Å². The molecule has 1 unspecified atom stereocenters. The van der Waals surface area contributed by atoms with Crippen LogP contribution in [0.5, 0.6) is 0 Å². The minimum Gasteiger partial charge on any atom is -0.147 e. The Bertz CT molecular complexity index is 2470. The molecule has 4 aromatic rings. The van der Waals surface area contributed by atoms with Crippen molar-refractivity contribution >= 4 is 74.7 Å².